The van der Waals surface area contributed by atoms with E-state index in [2.05, 4.69) is 10.6 Å². The van der Waals surface area contributed by atoms with Gasteiger partial charge in [0.1, 0.15) is 5.75 Å². The average Bonchev–Trinajstić information content (AvgIpc) is 2.93. The Morgan fingerprint density at radius 3 is 2.76 bits per heavy atom. The largest absolute Gasteiger partial charge is 0.508 e. The summed E-state index contributed by atoms with van der Waals surface area (Å²) in [6.45, 7) is 1.26. The van der Waals surface area contributed by atoms with Crippen LogP contribution in [-0.4, -0.2) is 24.1 Å². The number of rotatable bonds is 4. The molecule has 0 saturated carbocycles. The molecule has 108 valence electrons. The topological polar surface area (TPSA) is 61.4 Å². The van der Waals surface area contributed by atoms with E-state index in [1.807, 2.05) is 36.4 Å². The van der Waals surface area contributed by atoms with Gasteiger partial charge in [-0.2, -0.15) is 0 Å². The maximum Gasteiger partial charge on any atom is 0.229 e. The maximum absolute atomic E-state index is 12.3. The van der Waals surface area contributed by atoms with E-state index in [1.54, 1.807) is 12.1 Å². The highest BCUT2D eigenvalue weighted by Gasteiger charge is 2.27. The van der Waals surface area contributed by atoms with Gasteiger partial charge >= 0.3 is 0 Å². The van der Waals surface area contributed by atoms with Gasteiger partial charge in [0.05, 0.1) is 5.92 Å². The fourth-order valence-electron chi connectivity index (χ4n) is 2.63. The number of aromatic hydroxyl groups is 1. The quantitative estimate of drug-likeness (QED) is 0.806. The van der Waals surface area contributed by atoms with Gasteiger partial charge in [-0.25, -0.2) is 0 Å². The minimum atomic E-state index is -0.110. The fourth-order valence-corrected chi connectivity index (χ4v) is 2.63. The lowest BCUT2D eigenvalue weighted by atomic mass is 10.0. The van der Waals surface area contributed by atoms with Crippen LogP contribution in [-0.2, 0) is 11.2 Å². The first-order chi connectivity index (χ1) is 10.2. The first kappa shape index (κ1) is 13.5. The van der Waals surface area contributed by atoms with Crippen molar-refractivity contribution >= 4 is 11.6 Å². The molecule has 0 saturated heterocycles. The first-order valence-corrected chi connectivity index (χ1v) is 7.12. The van der Waals surface area contributed by atoms with E-state index in [4.69, 9.17) is 0 Å². The Labute approximate surface area is 123 Å². The molecule has 21 heavy (non-hydrogen) atoms. The van der Waals surface area contributed by atoms with Crippen LogP contribution >= 0.6 is 0 Å². The number of carbonyl (C=O) groups is 1. The predicted molar refractivity (Wildman–Crippen MR) is 82.5 cm³/mol. The molecular formula is C17H18N2O2. The second-order valence-corrected chi connectivity index (χ2v) is 5.23. The summed E-state index contributed by atoms with van der Waals surface area (Å²) in [6.07, 6.45) is 0.758. The van der Waals surface area contributed by atoms with E-state index in [0.29, 0.717) is 13.1 Å². The van der Waals surface area contributed by atoms with E-state index in [-0.39, 0.29) is 17.6 Å². The Morgan fingerprint density at radius 1 is 1.19 bits per heavy atom. The smallest absolute Gasteiger partial charge is 0.229 e. The van der Waals surface area contributed by atoms with Crippen LogP contribution in [0.5, 0.6) is 5.75 Å². The standard InChI is InChI=1S/C17H18N2O2/c20-13-7-5-12(6-8-13)9-10-18-17(21)15-11-19-16-4-2-1-3-14(15)16/h1-8,15,19-20H,9-11H2,(H,18,21). The molecule has 0 bridgehead atoms. The third-order valence-electron chi connectivity index (χ3n) is 3.80. The van der Waals surface area contributed by atoms with Gasteiger partial charge in [-0.15, -0.1) is 0 Å². The van der Waals surface area contributed by atoms with E-state index >= 15 is 0 Å². The lowest BCUT2D eigenvalue weighted by Crippen LogP contribution is -2.31. The van der Waals surface area contributed by atoms with Gasteiger partial charge in [0.25, 0.3) is 0 Å². The number of hydrogen-bond donors (Lipinski definition) is 3. The van der Waals surface area contributed by atoms with Gasteiger partial charge in [-0.3, -0.25) is 4.79 Å². The van der Waals surface area contributed by atoms with E-state index in [9.17, 15) is 9.90 Å². The van der Waals surface area contributed by atoms with E-state index in [0.717, 1.165) is 23.2 Å². The number of nitrogens with one attached hydrogen (secondary N) is 2. The molecule has 0 aliphatic carbocycles. The zero-order chi connectivity index (χ0) is 14.7. The number of para-hydroxylation sites is 1. The van der Waals surface area contributed by atoms with Crippen molar-refractivity contribution in [1.82, 2.24) is 5.32 Å². The van der Waals surface area contributed by atoms with Crippen molar-refractivity contribution in [2.75, 3.05) is 18.4 Å². The molecule has 3 rings (SSSR count). The Morgan fingerprint density at radius 2 is 1.95 bits per heavy atom. The monoisotopic (exact) mass is 282 g/mol. The number of anilines is 1. The predicted octanol–water partition coefficient (Wildman–Crippen LogP) is 2.26. The Bertz CT molecular complexity index is 637. The summed E-state index contributed by atoms with van der Waals surface area (Å²) in [6, 6.07) is 15.0. The molecule has 4 heteroatoms. The number of amides is 1. The van der Waals surface area contributed by atoms with Crippen LogP contribution in [0.3, 0.4) is 0 Å². The Kier molecular flexibility index (Phi) is 3.77. The molecule has 0 fully saturated rings. The van der Waals surface area contributed by atoms with Crippen LogP contribution in [0.1, 0.15) is 17.0 Å². The van der Waals surface area contributed by atoms with Crippen molar-refractivity contribution in [2.24, 2.45) is 0 Å². The van der Waals surface area contributed by atoms with Crippen LogP contribution in [0.4, 0.5) is 5.69 Å². The summed E-state index contributed by atoms with van der Waals surface area (Å²) in [5, 5.41) is 15.5. The molecule has 2 aromatic rings. The van der Waals surface area contributed by atoms with Gasteiger partial charge in [0, 0.05) is 18.8 Å². The summed E-state index contributed by atoms with van der Waals surface area (Å²) in [5.74, 6) is 0.212. The highest BCUT2D eigenvalue weighted by Crippen LogP contribution is 2.30. The molecule has 1 aliphatic heterocycles. The molecule has 1 heterocycles. The van der Waals surface area contributed by atoms with Crippen molar-refractivity contribution in [2.45, 2.75) is 12.3 Å². The van der Waals surface area contributed by atoms with E-state index in [1.165, 1.54) is 0 Å². The van der Waals surface area contributed by atoms with Crippen LogP contribution in [0.2, 0.25) is 0 Å². The van der Waals surface area contributed by atoms with Crippen molar-refractivity contribution in [3.05, 3.63) is 59.7 Å². The second-order valence-electron chi connectivity index (χ2n) is 5.23. The summed E-state index contributed by atoms with van der Waals surface area (Å²) < 4.78 is 0. The summed E-state index contributed by atoms with van der Waals surface area (Å²) in [4.78, 5) is 12.3. The number of hydrogen-bond acceptors (Lipinski definition) is 3. The van der Waals surface area contributed by atoms with Gasteiger partial charge in [-0.1, -0.05) is 30.3 Å². The summed E-state index contributed by atoms with van der Waals surface area (Å²) >= 11 is 0. The van der Waals surface area contributed by atoms with Crippen LogP contribution in [0.15, 0.2) is 48.5 Å². The molecule has 1 unspecified atom stereocenters. The Hall–Kier alpha value is -2.49. The normalized spacial score (nSPS) is 16.1. The molecule has 1 atom stereocenters. The fraction of sp³-hybridized carbons (Fsp3) is 0.235. The molecule has 0 aromatic heterocycles. The SMILES string of the molecule is O=C(NCCc1ccc(O)cc1)C1CNc2ccccc21. The highest BCUT2D eigenvalue weighted by molar-refractivity contribution is 5.88. The number of phenolic OH excluding ortho intramolecular Hbond substituents is 1. The van der Waals surface area contributed by atoms with Gasteiger partial charge < -0.3 is 15.7 Å². The number of benzene rings is 2. The van der Waals surface area contributed by atoms with Crippen molar-refractivity contribution in [1.29, 1.82) is 0 Å². The van der Waals surface area contributed by atoms with Crippen LogP contribution in [0.25, 0.3) is 0 Å². The molecular weight excluding hydrogens is 264 g/mol. The molecule has 2 aromatic carbocycles. The third-order valence-corrected chi connectivity index (χ3v) is 3.80. The van der Waals surface area contributed by atoms with Crippen molar-refractivity contribution in [3.8, 4) is 5.75 Å². The van der Waals surface area contributed by atoms with Crippen LogP contribution < -0.4 is 10.6 Å². The zero-order valence-corrected chi connectivity index (χ0v) is 11.7. The minimum Gasteiger partial charge on any atom is -0.508 e. The number of carbonyl (C=O) groups excluding carboxylic acids is 1. The maximum atomic E-state index is 12.3. The molecule has 1 amide bonds. The molecule has 3 N–H and O–H groups in total. The third kappa shape index (κ3) is 2.99. The first-order valence-electron chi connectivity index (χ1n) is 7.12. The highest BCUT2D eigenvalue weighted by atomic mass is 16.3. The minimum absolute atomic E-state index is 0.0613. The van der Waals surface area contributed by atoms with Crippen molar-refractivity contribution in [3.63, 3.8) is 0 Å². The lowest BCUT2D eigenvalue weighted by Gasteiger charge is -2.11. The molecule has 0 radical (unpaired) electrons. The average molecular weight is 282 g/mol. The number of phenols is 1. The second kappa shape index (κ2) is 5.87. The zero-order valence-electron chi connectivity index (χ0n) is 11.7. The van der Waals surface area contributed by atoms with Gasteiger partial charge in [0.15, 0.2) is 0 Å². The van der Waals surface area contributed by atoms with Gasteiger partial charge in [-0.05, 0) is 35.7 Å². The lowest BCUT2D eigenvalue weighted by molar-refractivity contribution is -0.122. The molecule has 1 aliphatic rings. The number of fused-ring (bicyclic) bond motifs is 1. The Balaban J connectivity index is 1.54. The summed E-state index contributed by atoms with van der Waals surface area (Å²) in [5.41, 5.74) is 3.22. The van der Waals surface area contributed by atoms with Gasteiger partial charge in [0.2, 0.25) is 5.91 Å². The van der Waals surface area contributed by atoms with Crippen LogP contribution in [0, 0.1) is 0 Å². The van der Waals surface area contributed by atoms with Crippen molar-refractivity contribution < 1.29 is 9.90 Å². The molecule has 4 nitrogen and oxygen atoms in total. The van der Waals surface area contributed by atoms with E-state index < -0.39 is 0 Å². The summed E-state index contributed by atoms with van der Waals surface area (Å²) in [7, 11) is 0. The molecule has 0 spiro atoms.